The maximum atomic E-state index is 12.7. The molecular formula is C23H18N4O8S2. The minimum atomic E-state index is -4.53. The minimum Gasteiger partial charge on any atom is -0.493 e. The van der Waals surface area contributed by atoms with E-state index in [0.29, 0.717) is 21.9 Å². The lowest BCUT2D eigenvalue weighted by Gasteiger charge is -2.11. The van der Waals surface area contributed by atoms with Crippen molar-refractivity contribution in [3.05, 3.63) is 82.4 Å². The number of amides is 1. The van der Waals surface area contributed by atoms with Gasteiger partial charge in [-0.3, -0.25) is 14.9 Å². The number of methoxy groups -OCH3 is 1. The molecule has 1 heterocycles. The van der Waals surface area contributed by atoms with Crippen LogP contribution in [0.5, 0.6) is 11.5 Å². The van der Waals surface area contributed by atoms with Crippen LogP contribution in [-0.4, -0.2) is 43.3 Å². The van der Waals surface area contributed by atoms with Crippen molar-refractivity contribution >= 4 is 50.8 Å². The molecular weight excluding hydrogens is 524 g/mol. The van der Waals surface area contributed by atoms with E-state index in [-0.39, 0.29) is 17.3 Å². The summed E-state index contributed by atoms with van der Waals surface area (Å²) in [5.41, 5.74) is 3.53. The van der Waals surface area contributed by atoms with Gasteiger partial charge in [0.2, 0.25) is 0 Å². The molecule has 190 valence electrons. The molecule has 0 aliphatic heterocycles. The number of nitro benzene ring substituents is 1. The number of carbonyl (C=O) groups excluding carboxylic acids is 1. The fraction of sp³-hybridized carbons (Fsp3) is 0.0870. The number of hydrogen-bond donors (Lipinski definition) is 1. The number of thioether (sulfide) groups is 1. The number of nitrogens with zero attached hydrogens (tertiary/aromatic N) is 3. The van der Waals surface area contributed by atoms with Crippen LogP contribution in [0, 0.1) is 10.1 Å². The van der Waals surface area contributed by atoms with Crippen molar-refractivity contribution in [1.82, 2.24) is 10.4 Å². The summed E-state index contributed by atoms with van der Waals surface area (Å²) in [6.07, 6.45) is 1.32. The summed E-state index contributed by atoms with van der Waals surface area (Å²) in [6, 6.07) is 16.3. The van der Waals surface area contributed by atoms with Gasteiger partial charge in [-0.2, -0.15) is 13.5 Å². The molecule has 0 aliphatic carbocycles. The lowest BCUT2D eigenvalue weighted by Crippen LogP contribution is -2.19. The Kier molecular flexibility index (Phi) is 7.69. The van der Waals surface area contributed by atoms with E-state index in [1.54, 1.807) is 12.1 Å². The number of hydrazone groups is 1. The summed E-state index contributed by atoms with van der Waals surface area (Å²) in [4.78, 5) is 26.2. The summed E-state index contributed by atoms with van der Waals surface area (Å²) in [7, 11) is -3.23. The van der Waals surface area contributed by atoms with Gasteiger partial charge in [0.25, 0.3) is 16.8 Å². The summed E-state index contributed by atoms with van der Waals surface area (Å²) in [5, 5.41) is 15.4. The van der Waals surface area contributed by atoms with Gasteiger partial charge in [-0.1, -0.05) is 36.0 Å². The molecule has 0 saturated heterocycles. The number of para-hydroxylation sites is 3. The number of oxazole rings is 1. The Morgan fingerprint density at radius 3 is 2.68 bits per heavy atom. The monoisotopic (exact) mass is 542 g/mol. The molecule has 0 atom stereocenters. The molecule has 37 heavy (non-hydrogen) atoms. The topological polar surface area (TPSA) is 163 Å². The van der Waals surface area contributed by atoms with Crippen LogP contribution in [0.3, 0.4) is 0 Å². The van der Waals surface area contributed by atoms with Gasteiger partial charge in [0.05, 0.1) is 24.0 Å². The van der Waals surface area contributed by atoms with Crippen LogP contribution in [0.15, 0.2) is 86.4 Å². The van der Waals surface area contributed by atoms with Crippen LogP contribution in [0.2, 0.25) is 0 Å². The molecule has 1 N–H and O–H groups in total. The van der Waals surface area contributed by atoms with Crippen molar-refractivity contribution in [2.75, 3.05) is 12.9 Å². The molecule has 3 aromatic carbocycles. The number of nitro groups is 1. The molecule has 4 aromatic rings. The molecule has 0 bridgehead atoms. The number of hydrogen-bond acceptors (Lipinski definition) is 11. The van der Waals surface area contributed by atoms with Gasteiger partial charge in [-0.15, -0.1) is 0 Å². The second-order valence-electron chi connectivity index (χ2n) is 7.20. The number of aromatic nitrogens is 1. The highest BCUT2D eigenvalue weighted by atomic mass is 32.2. The molecule has 0 aliphatic rings. The smallest absolute Gasteiger partial charge is 0.346 e. The van der Waals surface area contributed by atoms with E-state index in [1.165, 1.54) is 43.7 Å². The normalized spacial score (nSPS) is 11.5. The van der Waals surface area contributed by atoms with Crippen LogP contribution in [0.1, 0.15) is 5.56 Å². The first kappa shape index (κ1) is 25.7. The molecule has 0 fully saturated rings. The molecule has 0 radical (unpaired) electrons. The molecule has 12 nitrogen and oxygen atoms in total. The number of ether oxygens (including phenoxy) is 1. The van der Waals surface area contributed by atoms with Gasteiger partial charge < -0.3 is 13.3 Å². The third kappa shape index (κ3) is 6.23. The van der Waals surface area contributed by atoms with Crippen molar-refractivity contribution in [3.63, 3.8) is 0 Å². The predicted molar refractivity (Wildman–Crippen MR) is 134 cm³/mol. The summed E-state index contributed by atoms with van der Waals surface area (Å²) in [5.74, 6) is -0.532. The van der Waals surface area contributed by atoms with E-state index in [2.05, 4.69) is 15.5 Å². The van der Waals surface area contributed by atoms with E-state index in [1.807, 2.05) is 12.1 Å². The number of carbonyl (C=O) groups is 1. The largest absolute Gasteiger partial charge is 0.493 e. The van der Waals surface area contributed by atoms with Crippen LogP contribution in [0.25, 0.3) is 11.1 Å². The Labute approximate surface area is 214 Å². The van der Waals surface area contributed by atoms with E-state index in [0.717, 1.165) is 23.9 Å². The second-order valence-corrected chi connectivity index (χ2v) is 9.64. The van der Waals surface area contributed by atoms with Crippen molar-refractivity contribution < 1.29 is 31.5 Å². The average molecular weight is 543 g/mol. The summed E-state index contributed by atoms with van der Waals surface area (Å²) < 4.78 is 41.2. The highest BCUT2D eigenvalue weighted by Crippen LogP contribution is 2.32. The zero-order valence-electron chi connectivity index (χ0n) is 19.1. The van der Waals surface area contributed by atoms with Crippen LogP contribution >= 0.6 is 11.8 Å². The maximum Gasteiger partial charge on any atom is 0.346 e. The number of benzene rings is 3. The molecule has 4 rings (SSSR count). The third-order valence-electron chi connectivity index (χ3n) is 4.72. The molecule has 14 heteroatoms. The Bertz CT molecular complexity index is 1570. The van der Waals surface area contributed by atoms with Gasteiger partial charge in [0.15, 0.2) is 22.0 Å². The zero-order valence-corrected chi connectivity index (χ0v) is 20.7. The van der Waals surface area contributed by atoms with Crippen molar-refractivity contribution in [2.24, 2.45) is 5.10 Å². The first-order valence-corrected chi connectivity index (χ1v) is 12.8. The molecule has 0 spiro atoms. The standard InChI is InChI=1S/C23H18N4O8S2/c1-33-20-12-15(10-11-19(20)35-37(31,32)21-9-5-3-7-17(21)27(29)30)13-24-26-22(28)14-36-23-25-16-6-2-4-8-18(16)34-23/h2-13H,14H2,1H3,(H,26,28)/b24-13-. The van der Waals surface area contributed by atoms with Crippen LogP contribution in [-0.2, 0) is 14.9 Å². The quantitative estimate of drug-likeness (QED) is 0.103. The lowest BCUT2D eigenvalue weighted by molar-refractivity contribution is -0.387. The van der Waals surface area contributed by atoms with Crippen molar-refractivity contribution in [2.45, 2.75) is 10.1 Å². The second kappa shape index (κ2) is 11.1. The molecule has 0 unspecified atom stereocenters. The van der Waals surface area contributed by atoms with Gasteiger partial charge >= 0.3 is 10.1 Å². The van der Waals surface area contributed by atoms with Gasteiger partial charge in [0.1, 0.15) is 5.52 Å². The van der Waals surface area contributed by atoms with E-state index in [9.17, 15) is 23.3 Å². The van der Waals surface area contributed by atoms with Crippen LogP contribution < -0.4 is 14.3 Å². The first-order chi connectivity index (χ1) is 17.8. The Morgan fingerprint density at radius 1 is 1.16 bits per heavy atom. The Morgan fingerprint density at radius 2 is 1.92 bits per heavy atom. The van der Waals surface area contributed by atoms with Gasteiger partial charge in [-0.05, 0) is 42.0 Å². The van der Waals surface area contributed by atoms with Gasteiger partial charge in [0, 0.05) is 6.07 Å². The fourth-order valence-electron chi connectivity index (χ4n) is 3.07. The van der Waals surface area contributed by atoms with Crippen molar-refractivity contribution in [3.8, 4) is 11.5 Å². The molecule has 0 saturated carbocycles. The Balaban J connectivity index is 1.39. The van der Waals surface area contributed by atoms with E-state index >= 15 is 0 Å². The average Bonchev–Trinajstić information content (AvgIpc) is 3.31. The summed E-state index contributed by atoms with van der Waals surface area (Å²) >= 11 is 1.12. The SMILES string of the molecule is COc1cc(/C=N\NC(=O)CSc2nc3ccccc3o2)ccc1OS(=O)(=O)c1ccccc1[N+](=O)[O-]. The number of rotatable bonds is 10. The Hall–Kier alpha value is -4.43. The third-order valence-corrected chi connectivity index (χ3v) is 6.83. The van der Waals surface area contributed by atoms with Gasteiger partial charge in [-0.25, -0.2) is 10.4 Å². The fourth-order valence-corrected chi connectivity index (χ4v) is 4.81. The molecule has 1 amide bonds. The predicted octanol–water partition coefficient (Wildman–Crippen LogP) is 3.75. The maximum absolute atomic E-state index is 12.7. The molecule has 1 aromatic heterocycles. The highest BCUT2D eigenvalue weighted by Gasteiger charge is 2.28. The first-order valence-electron chi connectivity index (χ1n) is 10.4. The van der Waals surface area contributed by atoms with E-state index in [4.69, 9.17) is 13.3 Å². The van der Waals surface area contributed by atoms with Crippen LogP contribution in [0.4, 0.5) is 5.69 Å². The zero-order chi connectivity index (χ0) is 26.4. The minimum absolute atomic E-state index is 0.0176. The number of fused-ring (bicyclic) bond motifs is 1. The number of nitrogens with one attached hydrogen (secondary N) is 1. The lowest BCUT2D eigenvalue weighted by atomic mass is 10.2. The van der Waals surface area contributed by atoms with E-state index < -0.39 is 31.5 Å². The highest BCUT2D eigenvalue weighted by molar-refractivity contribution is 7.99. The summed E-state index contributed by atoms with van der Waals surface area (Å²) in [6.45, 7) is 0. The van der Waals surface area contributed by atoms with Crippen molar-refractivity contribution in [1.29, 1.82) is 0 Å².